The summed E-state index contributed by atoms with van der Waals surface area (Å²) in [4.78, 5) is 0. The number of para-hydroxylation sites is 1. The van der Waals surface area contributed by atoms with Crippen molar-refractivity contribution >= 4 is 44.2 Å². The molecule has 0 bridgehead atoms. The van der Waals surface area contributed by atoms with Crippen LogP contribution in [0.2, 0.25) is 0 Å². The highest BCUT2D eigenvalue weighted by atomic mass is 79.9. The molecule has 2 aromatic carbocycles. The van der Waals surface area contributed by atoms with Gasteiger partial charge in [-0.2, -0.15) is 0 Å². The van der Waals surface area contributed by atoms with Crippen LogP contribution in [0.1, 0.15) is 23.1 Å². The number of thioether (sulfide) groups is 1. The first-order valence-corrected chi connectivity index (χ1v) is 10.2. The van der Waals surface area contributed by atoms with Crippen molar-refractivity contribution in [2.24, 2.45) is 7.05 Å². The third-order valence-corrected chi connectivity index (χ3v) is 6.43. The van der Waals surface area contributed by atoms with E-state index in [9.17, 15) is 0 Å². The van der Waals surface area contributed by atoms with Crippen LogP contribution in [-0.2, 0) is 7.05 Å². The molecule has 0 amide bonds. The van der Waals surface area contributed by atoms with E-state index in [4.69, 9.17) is 4.74 Å². The van der Waals surface area contributed by atoms with Crippen LogP contribution in [-0.4, -0.2) is 10.3 Å². The minimum atomic E-state index is 0.901. The number of aromatic nitrogens is 1. The number of benzene rings is 2. The fraction of sp³-hybridized carbons (Fsp3) is 0.238. The van der Waals surface area contributed by atoms with E-state index in [1.165, 1.54) is 32.6 Å². The van der Waals surface area contributed by atoms with Crippen LogP contribution in [0.25, 0.3) is 16.5 Å². The Hall–Kier alpha value is -1.65. The lowest BCUT2D eigenvalue weighted by molar-refractivity contribution is 0.474. The van der Waals surface area contributed by atoms with E-state index in [-0.39, 0.29) is 0 Å². The molecule has 0 atom stereocenters. The summed E-state index contributed by atoms with van der Waals surface area (Å²) in [6.45, 7) is 4.19. The maximum atomic E-state index is 6.15. The highest BCUT2D eigenvalue weighted by molar-refractivity contribution is 9.10. The molecule has 0 spiro atoms. The Morgan fingerprint density at radius 2 is 2.00 bits per heavy atom. The van der Waals surface area contributed by atoms with Gasteiger partial charge in [-0.05, 0) is 65.0 Å². The van der Waals surface area contributed by atoms with E-state index in [1.54, 1.807) is 0 Å². The van der Waals surface area contributed by atoms with Gasteiger partial charge in [0.05, 0.1) is 15.8 Å². The molecule has 0 N–H and O–H groups in total. The average molecular weight is 414 g/mol. The zero-order chi connectivity index (χ0) is 17.6. The summed E-state index contributed by atoms with van der Waals surface area (Å²) in [6.07, 6.45) is 2.97. The van der Waals surface area contributed by atoms with Crippen LogP contribution < -0.4 is 4.74 Å². The molecule has 2 nitrogen and oxygen atoms in total. The van der Waals surface area contributed by atoms with Crippen molar-refractivity contribution in [3.63, 3.8) is 0 Å². The Bertz CT molecular complexity index is 980. The Morgan fingerprint density at radius 3 is 2.80 bits per heavy atom. The smallest absolute Gasteiger partial charge is 0.143 e. The lowest BCUT2D eigenvalue weighted by Crippen LogP contribution is -2.01. The quantitative estimate of drug-likeness (QED) is 0.446. The number of rotatable bonds is 2. The average Bonchev–Trinajstić information content (AvgIpc) is 2.88. The van der Waals surface area contributed by atoms with E-state index in [2.05, 4.69) is 77.8 Å². The zero-order valence-corrected chi connectivity index (χ0v) is 17.0. The fourth-order valence-electron chi connectivity index (χ4n) is 3.53. The van der Waals surface area contributed by atoms with Crippen LogP contribution >= 0.6 is 27.7 Å². The SMILES string of the molecule is Cc1cc(C)c(O/C=C2\CCSc3c2c2ccccc2n3C)c(Br)c1. The minimum Gasteiger partial charge on any atom is -0.463 e. The summed E-state index contributed by atoms with van der Waals surface area (Å²) < 4.78 is 9.46. The van der Waals surface area contributed by atoms with Gasteiger partial charge >= 0.3 is 0 Å². The van der Waals surface area contributed by atoms with Crippen molar-refractivity contribution in [2.75, 3.05) is 5.75 Å². The molecule has 0 radical (unpaired) electrons. The van der Waals surface area contributed by atoms with Gasteiger partial charge in [0, 0.05) is 29.3 Å². The largest absolute Gasteiger partial charge is 0.463 e. The predicted molar refractivity (Wildman–Crippen MR) is 110 cm³/mol. The summed E-state index contributed by atoms with van der Waals surface area (Å²) >= 11 is 5.57. The Kier molecular flexibility index (Phi) is 4.42. The third-order valence-electron chi connectivity index (χ3n) is 4.68. The molecule has 0 saturated heterocycles. The predicted octanol–water partition coefficient (Wildman–Crippen LogP) is 6.47. The van der Waals surface area contributed by atoms with Crippen molar-refractivity contribution in [1.82, 2.24) is 4.57 Å². The second-order valence-corrected chi connectivity index (χ2v) is 8.45. The Balaban J connectivity index is 1.79. The highest BCUT2D eigenvalue weighted by Crippen LogP contribution is 2.43. The first kappa shape index (κ1) is 16.8. The second-order valence-electron chi connectivity index (χ2n) is 6.51. The number of nitrogens with zero attached hydrogens (tertiary/aromatic N) is 1. The third kappa shape index (κ3) is 2.91. The van der Waals surface area contributed by atoms with Gasteiger partial charge in [0.25, 0.3) is 0 Å². The fourth-order valence-corrected chi connectivity index (χ4v) is 5.49. The number of ether oxygens (including phenoxy) is 1. The Morgan fingerprint density at radius 1 is 1.20 bits per heavy atom. The van der Waals surface area contributed by atoms with Crippen molar-refractivity contribution in [3.8, 4) is 5.75 Å². The van der Waals surface area contributed by atoms with Gasteiger partial charge in [-0.3, -0.25) is 0 Å². The molecule has 0 unspecified atom stereocenters. The molecule has 4 heteroatoms. The number of hydrogen-bond donors (Lipinski definition) is 0. The van der Waals surface area contributed by atoms with E-state index >= 15 is 0 Å². The number of hydrogen-bond acceptors (Lipinski definition) is 2. The van der Waals surface area contributed by atoms with Crippen molar-refractivity contribution in [1.29, 1.82) is 0 Å². The van der Waals surface area contributed by atoms with Gasteiger partial charge in [-0.25, -0.2) is 0 Å². The molecule has 1 aromatic heterocycles. The first-order chi connectivity index (χ1) is 12.1. The molecule has 0 fully saturated rings. The van der Waals surface area contributed by atoms with Crippen LogP contribution in [0.4, 0.5) is 0 Å². The summed E-state index contributed by atoms with van der Waals surface area (Å²) in [7, 11) is 2.15. The molecule has 0 saturated carbocycles. The highest BCUT2D eigenvalue weighted by Gasteiger charge is 2.23. The van der Waals surface area contributed by atoms with Gasteiger partial charge in [0.2, 0.25) is 0 Å². The number of allylic oxidation sites excluding steroid dienone is 1. The molecule has 3 aromatic rings. The number of fused-ring (bicyclic) bond motifs is 3. The number of halogens is 1. The molecule has 1 aliphatic rings. The standard InChI is InChI=1S/C21H20BrNOS/c1-13-10-14(2)20(17(22)11-13)24-12-15-8-9-25-21-19(15)16-6-4-5-7-18(16)23(21)3/h4-7,10-12H,8-9H2,1-3H3/b15-12+. The zero-order valence-electron chi connectivity index (χ0n) is 14.6. The van der Waals surface area contributed by atoms with Gasteiger partial charge < -0.3 is 9.30 Å². The molecular formula is C21H20BrNOS. The summed E-state index contributed by atoms with van der Waals surface area (Å²) in [5.74, 6) is 1.98. The molecular weight excluding hydrogens is 394 g/mol. The first-order valence-electron chi connectivity index (χ1n) is 8.39. The molecule has 1 aliphatic heterocycles. The van der Waals surface area contributed by atoms with Crippen LogP contribution in [0.5, 0.6) is 5.75 Å². The molecule has 0 aliphatic carbocycles. The topological polar surface area (TPSA) is 14.2 Å². The molecule has 4 rings (SSSR count). The molecule has 128 valence electrons. The molecule has 25 heavy (non-hydrogen) atoms. The summed E-state index contributed by atoms with van der Waals surface area (Å²) in [5.41, 5.74) is 6.26. The maximum Gasteiger partial charge on any atom is 0.143 e. The van der Waals surface area contributed by atoms with Crippen molar-refractivity contribution in [2.45, 2.75) is 25.3 Å². The molecule has 2 heterocycles. The van der Waals surface area contributed by atoms with Crippen LogP contribution in [0.3, 0.4) is 0 Å². The summed E-state index contributed by atoms with van der Waals surface area (Å²) in [6, 6.07) is 12.9. The summed E-state index contributed by atoms with van der Waals surface area (Å²) in [5, 5.41) is 2.64. The minimum absolute atomic E-state index is 0.901. The normalized spacial score (nSPS) is 15.6. The van der Waals surface area contributed by atoms with E-state index < -0.39 is 0 Å². The number of aryl methyl sites for hydroxylation is 3. The maximum absolute atomic E-state index is 6.15. The van der Waals surface area contributed by atoms with Crippen LogP contribution in [0.15, 0.2) is 52.2 Å². The van der Waals surface area contributed by atoms with E-state index in [0.717, 1.165) is 28.0 Å². The second kappa shape index (κ2) is 6.58. The van der Waals surface area contributed by atoms with Gasteiger partial charge in [-0.15, -0.1) is 11.8 Å². The monoisotopic (exact) mass is 413 g/mol. The van der Waals surface area contributed by atoms with E-state index in [1.807, 2.05) is 18.0 Å². The van der Waals surface area contributed by atoms with Crippen LogP contribution in [0, 0.1) is 13.8 Å². The van der Waals surface area contributed by atoms with Crippen molar-refractivity contribution in [3.05, 3.63) is 63.8 Å². The van der Waals surface area contributed by atoms with E-state index in [0.29, 0.717) is 0 Å². The lowest BCUT2D eigenvalue weighted by Gasteiger charge is -2.17. The Labute approximate surface area is 161 Å². The van der Waals surface area contributed by atoms with Gasteiger partial charge in [0.15, 0.2) is 0 Å². The van der Waals surface area contributed by atoms with Gasteiger partial charge in [-0.1, -0.05) is 24.3 Å². The van der Waals surface area contributed by atoms with Crippen molar-refractivity contribution < 1.29 is 4.74 Å². The lowest BCUT2D eigenvalue weighted by atomic mass is 10.0. The van der Waals surface area contributed by atoms with Gasteiger partial charge in [0.1, 0.15) is 5.75 Å².